The zero-order chi connectivity index (χ0) is 46.5. The maximum Gasteiger partial charge on any atom is 0.0714 e. The van der Waals surface area contributed by atoms with E-state index in [1.165, 1.54) is 101 Å². The van der Waals surface area contributed by atoms with Gasteiger partial charge in [0, 0.05) is 11.3 Å². The van der Waals surface area contributed by atoms with Crippen LogP contribution in [0, 0.1) is 6.92 Å². The fraction of sp³-hybridized carbons (Fsp3) is 0.273. The lowest BCUT2D eigenvalue weighted by Gasteiger charge is -2.45. The number of rotatable bonds is 7. The Hall–Kier alpha value is -6.44. The van der Waals surface area contributed by atoms with Gasteiger partial charge in [-0.05, 0) is 156 Å². The minimum atomic E-state index is -0.557. The number of nitrogens with zero attached hydrogens (tertiary/aromatic N) is 1. The maximum atomic E-state index is 2.69. The Kier molecular flexibility index (Phi) is 10.0. The van der Waals surface area contributed by atoms with Crippen LogP contribution in [0.3, 0.4) is 0 Å². The minimum Gasteiger partial charge on any atom is -0.309 e. The van der Waals surface area contributed by atoms with Crippen molar-refractivity contribution in [2.75, 3.05) is 4.90 Å². The van der Waals surface area contributed by atoms with Gasteiger partial charge in [-0.15, -0.1) is 0 Å². The van der Waals surface area contributed by atoms with E-state index in [2.05, 4.69) is 249 Å². The van der Waals surface area contributed by atoms with Gasteiger partial charge in [0.1, 0.15) is 0 Å². The highest BCUT2D eigenvalue weighted by atomic mass is 15.2. The van der Waals surface area contributed by atoms with E-state index in [1.807, 2.05) is 0 Å². The maximum absolute atomic E-state index is 2.69. The number of hydrogen-bond donors (Lipinski definition) is 0. The molecule has 0 saturated carbocycles. The van der Waals surface area contributed by atoms with E-state index >= 15 is 0 Å². The van der Waals surface area contributed by atoms with Crippen LogP contribution >= 0.6 is 0 Å². The Labute approximate surface area is 400 Å². The molecule has 0 radical (unpaired) electrons. The largest absolute Gasteiger partial charge is 0.309 e. The van der Waals surface area contributed by atoms with Crippen LogP contribution in [0.1, 0.15) is 131 Å². The molecule has 0 fully saturated rings. The first-order chi connectivity index (χ1) is 32.1. The summed E-state index contributed by atoms with van der Waals surface area (Å²) in [5.41, 5.74) is 23.2. The van der Waals surface area contributed by atoms with Gasteiger partial charge in [-0.1, -0.05) is 213 Å². The molecule has 3 aliphatic carbocycles. The summed E-state index contributed by atoms with van der Waals surface area (Å²) >= 11 is 0. The van der Waals surface area contributed by atoms with Gasteiger partial charge >= 0.3 is 0 Å². The van der Waals surface area contributed by atoms with Crippen LogP contribution in [0.5, 0.6) is 0 Å². The Bertz CT molecular complexity index is 3130. The van der Waals surface area contributed by atoms with Crippen molar-refractivity contribution in [2.45, 2.75) is 115 Å². The van der Waals surface area contributed by atoms with Crippen molar-refractivity contribution in [3.8, 4) is 33.4 Å². The normalized spacial score (nSPS) is 17.7. The molecule has 0 saturated heterocycles. The van der Waals surface area contributed by atoms with Crippen LogP contribution in [0.4, 0.5) is 17.1 Å². The van der Waals surface area contributed by atoms with E-state index in [1.54, 1.807) is 0 Å². The van der Waals surface area contributed by atoms with Gasteiger partial charge in [0.15, 0.2) is 0 Å². The molecule has 0 aliphatic heterocycles. The number of hydrogen-bond acceptors (Lipinski definition) is 1. The van der Waals surface area contributed by atoms with Crippen LogP contribution in [0.2, 0.25) is 0 Å². The van der Waals surface area contributed by atoms with Crippen LogP contribution in [0.25, 0.3) is 33.4 Å². The number of aryl methyl sites for hydroxylation is 1. The van der Waals surface area contributed by atoms with E-state index in [0.717, 1.165) is 24.9 Å². The van der Waals surface area contributed by atoms with E-state index in [4.69, 9.17) is 0 Å². The van der Waals surface area contributed by atoms with Crippen molar-refractivity contribution in [3.05, 3.63) is 232 Å². The van der Waals surface area contributed by atoms with E-state index in [0.29, 0.717) is 0 Å². The summed E-state index contributed by atoms with van der Waals surface area (Å²) < 4.78 is 0. The lowest BCUT2D eigenvalue weighted by Crippen LogP contribution is -2.36. The molecule has 0 heterocycles. The summed E-state index contributed by atoms with van der Waals surface area (Å²) in [4.78, 5) is 2.69. The topological polar surface area (TPSA) is 3.24 Å². The van der Waals surface area contributed by atoms with E-state index in [9.17, 15) is 0 Å². The molecular weight excluding hydrogens is 807 g/mol. The average Bonchev–Trinajstić information content (AvgIpc) is 3.63. The summed E-state index contributed by atoms with van der Waals surface area (Å²) in [7, 11) is 0. The molecule has 0 spiro atoms. The second kappa shape index (κ2) is 15.6. The summed E-state index contributed by atoms with van der Waals surface area (Å²) in [6.07, 6.45) is 4.63. The van der Waals surface area contributed by atoms with Crippen molar-refractivity contribution in [2.24, 2.45) is 0 Å². The van der Waals surface area contributed by atoms with Gasteiger partial charge in [-0.2, -0.15) is 0 Å². The molecular formula is C66H65N. The predicted octanol–water partition coefficient (Wildman–Crippen LogP) is 17.9. The molecule has 0 aromatic heterocycles. The van der Waals surface area contributed by atoms with Crippen LogP contribution in [-0.2, 0) is 27.1 Å². The van der Waals surface area contributed by atoms with Crippen molar-refractivity contribution < 1.29 is 0 Å². The highest BCUT2D eigenvalue weighted by Gasteiger charge is 2.48. The first-order valence-corrected chi connectivity index (χ1v) is 24.8. The highest BCUT2D eigenvalue weighted by molar-refractivity contribution is 5.98. The molecule has 11 rings (SSSR count). The molecule has 1 nitrogen and oxygen atoms in total. The minimum absolute atomic E-state index is 0.0329. The molecule has 1 heteroatoms. The fourth-order valence-electron chi connectivity index (χ4n) is 12.6. The van der Waals surface area contributed by atoms with Gasteiger partial charge in [0.2, 0.25) is 0 Å². The second-order valence-corrected chi connectivity index (χ2v) is 22.6. The predicted molar refractivity (Wildman–Crippen MR) is 285 cm³/mol. The van der Waals surface area contributed by atoms with Crippen molar-refractivity contribution >= 4 is 17.1 Å². The molecule has 8 aromatic carbocycles. The SMILES string of the molecule is Cc1ccc2c(c1N(c1ccc(-c3ccccc3)cc1)c1cc3c(cc1-c1ccc4c(c1)C(C)(C)CCC4(C)C)-c1ccccc1C3(c1ccccc1)c1ccccc1)C(C)(C)CCC2(C)C. The van der Waals surface area contributed by atoms with Crippen molar-refractivity contribution in [1.82, 2.24) is 0 Å². The first-order valence-electron chi connectivity index (χ1n) is 24.8. The summed E-state index contributed by atoms with van der Waals surface area (Å²) in [6, 6.07) is 69.7. The molecule has 0 unspecified atom stereocenters. The summed E-state index contributed by atoms with van der Waals surface area (Å²) in [6.45, 7) is 22.1. The lowest BCUT2D eigenvalue weighted by atomic mass is 9.62. The quantitative estimate of drug-likeness (QED) is 0.154. The van der Waals surface area contributed by atoms with Gasteiger partial charge < -0.3 is 4.90 Å². The smallest absolute Gasteiger partial charge is 0.0714 e. The number of fused-ring (bicyclic) bond motifs is 5. The third kappa shape index (κ3) is 6.78. The monoisotopic (exact) mass is 872 g/mol. The number of anilines is 3. The molecule has 0 atom stereocenters. The Morgan fingerprint density at radius 1 is 0.358 bits per heavy atom. The molecule has 0 amide bonds. The lowest BCUT2D eigenvalue weighted by molar-refractivity contribution is 0.332. The third-order valence-electron chi connectivity index (χ3n) is 16.6. The third-order valence-corrected chi connectivity index (χ3v) is 16.6. The molecule has 0 bridgehead atoms. The Morgan fingerprint density at radius 2 is 0.866 bits per heavy atom. The average molecular weight is 872 g/mol. The summed E-state index contributed by atoms with van der Waals surface area (Å²) in [5, 5.41) is 0. The van der Waals surface area contributed by atoms with Gasteiger partial charge in [-0.25, -0.2) is 0 Å². The molecule has 67 heavy (non-hydrogen) atoms. The Morgan fingerprint density at radius 3 is 1.51 bits per heavy atom. The fourth-order valence-corrected chi connectivity index (χ4v) is 12.6. The van der Waals surface area contributed by atoms with Crippen LogP contribution < -0.4 is 4.90 Å². The van der Waals surface area contributed by atoms with Gasteiger partial charge in [-0.3, -0.25) is 0 Å². The first kappa shape index (κ1) is 43.1. The summed E-state index contributed by atoms with van der Waals surface area (Å²) in [5.74, 6) is 0. The van der Waals surface area contributed by atoms with E-state index in [-0.39, 0.29) is 21.7 Å². The highest BCUT2D eigenvalue weighted by Crippen LogP contribution is 2.61. The zero-order valence-electron chi connectivity index (χ0n) is 41.1. The molecule has 3 aliphatic rings. The van der Waals surface area contributed by atoms with Crippen molar-refractivity contribution in [3.63, 3.8) is 0 Å². The van der Waals surface area contributed by atoms with Gasteiger partial charge in [0.25, 0.3) is 0 Å². The van der Waals surface area contributed by atoms with Crippen molar-refractivity contribution in [1.29, 1.82) is 0 Å². The Balaban J connectivity index is 1.30. The molecule has 334 valence electrons. The van der Waals surface area contributed by atoms with Crippen LogP contribution in [-0.4, -0.2) is 0 Å². The number of benzene rings is 8. The standard InChI is InChI=1S/C66H65N/c1-44-29-35-56-60(65(8,9)40-39-63(56,4)5)61(44)67(50-33-30-46(31-34-50)45-21-13-10-14-22-45)59-43-57-53(42-52(59)47-32-36-55-58(41-47)64(6,7)38-37-62(55,2)3)51-27-19-20-28-54(51)66(57,48-23-15-11-16-24-48)49-25-17-12-18-26-49/h10-36,41-43H,37-40H2,1-9H3. The zero-order valence-corrected chi connectivity index (χ0v) is 41.1. The van der Waals surface area contributed by atoms with Gasteiger partial charge in [0.05, 0.1) is 16.8 Å². The molecule has 0 N–H and O–H groups in total. The molecule has 8 aromatic rings. The van der Waals surface area contributed by atoms with E-state index < -0.39 is 5.41 Å². The second-order valence-electron chi connectivity index (χ2n) is 22.6. The van der Waals surface area contributed by atoms with Crippen LogP contribution in [0.15, 0.2) is 182 Å².